The van der Waals surface area contributed by atoms with Gasteiger partial charge in [0.25, 0.3) is 5.91 Å². The minimum Gasteiger partial charge on any atom is -0.354 e. The second-order valence-electron chi connectivity index (χ2n) is 9.51. The van der Waals surface area contributed by atoms with Gasteiger partial charge in [0.05, 0.1) is 21.4 Å². The number of piperazine rings is 1. The summed E-state index contributed by atoms with van der Waals surface area (Å²) < 4.78 is 1.73. The van der Waals surface area contributed by atoms with Crippen LogP contribution in [0.15, 0.2) is 72.9 Å². The second kappa shape index (κ2) is 10.6. The minimum absolute atomic E-state index is 0.0811. The Hall–Kier alpha value is -3.10. The van der Waals surface area contributed by atoms with Crippen molar-refractivity contribution in [2.45, 2.75) is 6.04 Å². The molecule has 0 spiro atoms. The van der Waals surface area contributed by atoms with Gasteiger partial charge in [-0.3, -0.25) is 9.69 Å². The number of halogens is 3. The Morgan fingerprint density at radius 3 is 2.29 bits per heavy atom. The van der Waals surface area contributed by atoms with Crippen LogP contribution in [0, 0.1) is 0 Å². The van der Waals surface area contributed by atoms with Crippen LogP contribution in [0.25, 0.3) is 16.9 Å². The van der Waals surface area contributed by atoms with Gasteiger partial charge >= 0.3 is 0 Å². The highest BCUT2D eigenvalue weighted by Gasteiger charge is 2.37. The Labute approximate surface area is 236 Å². The number of aromatic nitrogens is 3. The average molecular weight is 568 g/mol. The zero-order valence-electron chi connectivity index (χ0n) is 20.5. The van der Waals surface area contributed by atoms with E-state index in [1.165, 1.54) is 0 Å². The van der Waals surface area contributed by atoms with E-state index < -0.39 is 0 Å². The SMILES string of the molecule is O=C(c1cc(-c2ccc(Cl)cc2)n(-c2ccc(Cl)c(Cl)c2)n1)N1CC(N2CCN(c3ccccn3)CC2)C1. The normalized spacial score (nSPS) is 16.5. The van der Waals surface area contributed by atoms with Crippen molar-refractivity contribution in [3.8, 4) is 16.9 Å². The number of rotatable bonds is 5. The first-order chi connectivity index (χ1) is 18.5. The van der Waals surface area contributed by atoms with E-state index in [4.69, 9.17) is 39.9 Å². The van der Waals surface area contributed by atoms with Crippen molar-refractivity contribution >= 4 is 46.5 Å². The molecule has 0 saturated carbocycles. The first kappa shape index (κ1) is 25.2. The minimum atomic E-state index is -0.0811. The van der Waals surface area contributed by atoms with Crippen molar-refractivity contribution < 1.29 is 4.79 Å². The average Bonchev–Trinajstić information content (AvgIpc) is 3.36. The predicted octanol–water partition coefficient (Wildman–Crippen LogP) is 5.54. The molecule has 7 nitrogen and oxygen atoms in total. The molecule has 2 aromatic carbocycles. The number of amides is 1. The molecular weight excluding hydrogens is 543 g/mol. The zero-order valence-corrected chi connectivity index (χ0v) is 22.7. The van der Waals surface area contributed by atoms with Crippen molar-refractivity contribution in [2.75, 3.05) is 44.2 Å². The fraction of sp³-hybridized carbons (Fsp3) is 0.250. The van der Waals surface area contributed by atoms with E-state index in [1.807, 2.05) is 59.6 Å². The third-order valence-corrected chi connectivity index (χ3v) is 8.16. The van der Waals surface area contributed by atoms with Crippen LogP contribution in [-0.4, -0.2) is 75.8 Å². The maximum atomic E-state index is 13.4. The number of nitrogens with zero attached hydrogens (tertiary/aromatic N) is 6. The molecular formula is C28H25Cl3N6O. The Morgan fingerprint density at radius 2 is 1.61 bits per heavy atom. The van der Waals surface area contributed by atoms with Gasteiger partial charge in [-0.05, 0) is 48.5 Å². The molecule has 6 rings (SSSR count). The molecule has 10 heteroatoms. The van der Waals surface area contributed by atoms with Crippen LogP contribution in [0.1, 0.15) is 10.5 Å². The zero-order chi connectivity index (χ0) is 26.2. The summed E-state index contributed by atoms with van der Waals surface area (Å²) in [6.07, 6.45) is 1.83. The topological polar surface area (TPSA) is 57.5 Å². The second-order valence-corrected chi connectivity index (χ2v) is 10.8. The maximum Gasteiger partial charge on any atom is 0.274 e. The smallest absolute Gasteiger partial charge is 0.274 e. The molecule has 0 atom stereocenters. The van der Waals surface area contributed by atoms with Crippen molar-refractivity contribution in [3.63, 3.8) is 0 Å². The molecule has 2 fully saturated rings. The summed E-state index contributed by atoms with van der Waals surface area (Å²) in [6, 6.07) is 20.9. The molecule has 0 bridgehead atoms. The number of pyridine rings is 1. The third kappa shape index (κ3) is 4.99. The Balaban J connectivity index is 1.16. The molecule has 0 radical (unpaired) electrons. The van der Waals surface area contributed by atoms with Crippen molar-refractivity contribution in [1.82, 2.24) is 24.6 Å². The van der Waals surface area contributed by atoms with Gasteiger partial charge in [0.15, 0.2) is 5.69 Å². The van der Waals surface area contributed by atoms with E-state index in [0.29, 0.717) is 39.9 Å². The lowest BCUT2D eigenvalue weighted by Crippen LogP contribution is -2.64. The van der Waals surface area contributed by atoms with Crippen molar-refractivity contribution in [3.05, 3.63) is 93.7 Å². The van der Waals surface area contributed by atoms with Crippen LogP contribution >= 0.6 is 34.8 Å². The van der Waals surface area contributed by atoms with Gasteiger partial charge < -0.3 is 9.80 Å². The van der Waals surface area contributed by atoms with E-state index in [1.54, 1.807) is 16.8 Å². The number of hydrogen-bond donors (Lipinski definition) is 0. The van der Waals surface area contributed by atoms with Gasteiger partial charge in [-0.15, -0.1) is 0 Å². The van der Waals surface area contributed by atoms with Gasteiger partial charge in [0, 0.05) is 62.1 Å². The lowest BCUT2D eigenvalue weighted by Gasteiger charge is -2.48. The molecule has 1 amide bonds. The van der Waals surface area contributed by atoms with E-state index in [2.05, 4.69) is 20.9 Å². The fourth-order valence-electron chi connectivity index (χ4n) is 5.00. The van der Waals surface area contributed by atoms with Crippen LogP contribution < -0.4 is 4.90 Å². The van der Waals surface area contributed by atoms with Crippen molar-refractivity contribution in [2.24, 2.45) is 0 Å². The number of carbonyl (C=O) groups excluding carboxylic acids is 1. The molecule has 2 aliphatic rings. The number of anilines is 1. The lowest BCUT2D eigenvalue weighted by atomic mass is 10.0. The monoisotopic (exact) mass is 566 g/mol. The van der Waals surface area contributed by atoms with E-state index in [9.17, 15) is 4.79 Å². The van der Waals surface area contributed by atoms with Gasteiger partial charge in [0.2, 0.25) is 0 Å². The predicted molar refractivity (Wildman–Crippen MR) is 152 cm³/mol. The summed E-state index contributed by atoms with van der Waals surface area (Å²) in [4.78, 5) is 24.6. The Kier molecular flexibility index (Phi) is 7.01. The van der Waals surface area contributed by atoms with E-state index >= 15 is 0 Å². The Bertz CT molecular complexity index is 1450. The largest absolute Gasteiger partial charge is 0.354 e. The van der Waals surface area contributed by atoms with Gasteiger partial charge in [0.1, 0.15) is 5.82 Å². The third-order valence-electron chi connectivity index (χ3n) is 7.17. The van der Waals surface area contributed by atoms with Gasteiger partial charge in [-0.1, -0.05) is 53.0 Å². The Morgan fingerprint density at radius 1 is 0.842 bits per heavy atom. The van der Waals surface area contributed by atoms with Crippen LogP contribution in [-0.2, 0) is 0 Å². The first-order valence-electron chi connectivity index (χ1n) is 12.5. The fourth-order valence-corrected chi connectivity index (χ4v) is 5.41. The molecule has 0 N–H and O–H groups in total. The summed E-state index contributed by atoms with van der Waals surface area (Å²) in [5.74, 6) is 0.939. The van der Waals surface area contributed by atoms with Crippen LogP contribution in [0.2, 0.25) is 15.1 Å². The highest BCUT2D eigenvalue weighted by molar-refractivity contribution is 6.42. The van der Waals surface area contributed by atoms with Crippen LogP contribution in [0.3, 0.4) is 0 Å². The molecule has 4 aromatic rings. The summed E-state index contributed by atoms with van der Waals surface area (Å²) >= 11 is 18.5. The summed E-state index contributed by atoms with van der Waals surface area (Å²) in [5.41, 5.74) is 2.76. The number of likely N-dealkylation sites (tertiary alicyclic amines) is 1. The summed E-state index contributed by atoms with van der Waals surface area (Å²) in [5, 5.41) is 6.21. The standard InChI is InChI=1S/C28H25Cl3N6O/c29-20-6-4-19(5-7-20)26-16-25(33-37(26)21-8-9-23(30)24(31)15-21)28(38)36-17-22(18-36)34-11-13-35(14-12-34)27-3-1-2-10-32-27/h1-10,15-16,22H,11-14,17-18H2. The van der Waals surface area contributed by atoms with Crippen LogP contribution in [0.5, 0.6) is 0 Å². The molecule has 0 unspecified atom stereocenters. The highest BCUT2D eigenvalue weighted by Crippen LogP contribution is 2.30. The molecule has 4 heterocycles. The number of carbonyl (C=O) groups is 1. The van der Waals surface area contributed by atoms with Crippen molar-refractivity contribution in [1.29, 1.82) is 0 Å². The molecule has 38 heavy (non-hydrogen) atoms. The quantitative estimate of drug-likeness (QED) is 0.317. The number of benzene rings is 2. The molecule has 2 aliphatic heterocycles. The molecule has 194 valence electrons. The van der Waals surface area contributed by atoms with Gasteiger partial charge in [-0.2, -0.15) is 5.10 Å². The molecule has 2 saturated heterocycles. The first-order valence-corrected chi connectivity index (χ1v) is 13.6. The van der Waals surface area contributed by atoms with E-state index in [-0.39, 0.29) is 5.91 Å². The molecule has 0 aliphatic carbocycles. The van der Waals surface area contributed by atoms with Gasteiger partial charge in [-0.25, -0.2) is 9.67 Å². The highest BCUT2D eigenvalue weighted by atomic mass is 35.5. The lowest BCUT2D eigenvalue weighted by molar-refractivity contribution is 0.0241. The van der Waals surface area contributed by atoms with Crippen LogP contribution in [0.4, 0.5) is 5.82 Å². The maximum absolute atomic E-state index is 13.4. The molecule has 2 aromatic heterocycles. The van der Waals surface area contributed by atoms with E-state index in [0.717, 1.165) is 48.9 Å². The summed E-state index contributed by atoms with van der Waals surface area (Å²) in [6.45, 7) is 5.16. The number of hydrogen-bond acceptors (Lipinski definition) is 5. The summed E-state index contributed by atoms with van der Waals surface area (Å²) in [7, 11) is 0.